The number of hydrogen-bond donors (Lipinski definition) is 1. The van der Waals surface area contributed by atoms with Crippen LogP contribution in [0, 0.1) is 6.92 Å². The van der Waals surface area contributed by atoms with Gasteiger partial charge in [-0.25, -0.2) is 0 Å². The van der Waals surface area contributed by atoms with Gasteiger partial charge in [-0.1, -0.05) is 17.7 Å². The third kappa shape index (κ3) is 4.23. The fourth-order valence-corrected chi connectivity index (χ4v) is 2.51. The Kier molecular flexibility index (Phi) is 4.74. The number of rotatable bonds is 4. The zero-order valence-corrected chi connectivity index (χ0v) is 13.7. The molecule has 0 radical (unpaired) electrons. The van der Waals surface area contributed by atoms with Gasteiger partial charge in [-0.2, -0.15) is 0 Å². The Labute approximate surface area is 131 Å². The van der Waals surface area contributed by atoms with Crippen LogP contribution in [0.15, 0.2) is 24.3 Å². The van der Waals surface area contributed by atoms with Gasteiger partial charge in [-0.3, -0.25) is 9.59 Å². The molecule has 2 rings (SSSR count). The molecule has 5 heteroatoms. The van der Waals surface area contributed by atoms with Crippen LogP contribution in [0.4, 0.5) is 0 Å². The molecule has 1 aliphatic rings. The number of nitrogens with zero attached hydrogens (tertiary/aromatic N) is 1. The van der Waals surface area contributed by atoms with E-state index >= 15 is 0 Å². The van der Waals surface area contributed by atoms with Gasteiger partial charge in [0.05, 0.1) is 6.04 Å². The Morgan fingerprint density at radius 2 is 1.95 bits per heavy atom. The number of ether oxygens (including phenoxy) is 1. The van der Waals surface area contributed by atoms with Crippen molar-refractivity contribution in [2.75, 3.05) is 13.2 Å². The SMILES string of the molecule is Cc1ccc(OCC(=O)NC2CC(=O)N(C(C)(C)C)C2)cc1. The molecule has 1 heterocycles. The van der Waals surface area contributed by atoms with E-state index in [0.717, 1.165) is 5.56 Å². The first-order valence-electron chi connectivity index (χ1n) is 7.55. The highest BCUT2D eigenvalue weighted by molar-refractivity contribution is 5.83. The molecule has 1 atom stereocenters. The molecule has 1 saturated heterocycles. The number of carbonyl (C=O) groups excluding carboxylic acids is 2. The summed E-state index contributed by atoms with van der Waals surface area (Å²) in [6.45, 7) is 8.50. The number of nitrogens with one attached hydrogen (secondary N) is 1. The van der Waals surface area contributed by atoms with Gasteiger partial charge in [0.15, 0.2) is 6.61 Å². The van der Waals surface area contributed by atoms with E-state index in [4.69, 9.17) is 4.74 Å². The van der Waals surface area contributed by atoms with E-state index in [0.29, 0.717) is 18.7 Å². The lowest BCUT2D eigenvalue weighted by molar-refractivity contribution is -0.131. The molecule has 0 saturated carbocycles. The summed E-state index contributed by atoms with van der Waals surface area (Å²) < 4.78 is 5.44. The second kappa shape index (κ2) is 6.38. The molecule has 1 aliphatic heterocycles. The standard InChI is InChI=1S/C17H24N2O3/c1-12-5-7-14(8-6-12)22-11-15(20)18-13-9-16(21)19(10-13)17(2,3)4/h5-8,13H,9-11H2,1-4H3,(H,18,20). The summed E-state index contributed by atoms with van der Waals surface area (Å²) >= 11 is 0. The largest absolute Gasteiger partial charge is 0.484 e. The van der Waals surface area contributed by atoms with E-state index in [2.05, 4.69) is 5.32 Å². The van der Waals surface area contributed by atoms with Crippen LogP contribution < -0.4 is 10.1 Å². The van der Waals surface area contributed by atoms with Crippen LogP contribution in [0.5, 0.6) is 5.75 Å². The molecule has 2 amide bonds. The molecule has 0 bridgehead atoms. The molecule has 120 valence electrons. The molecule has 0 aromatic heterocycles. The Morgan fingerprint density at radius 1 is 1.32 bits per heavy atom. The Bertz CT molecular complexity index is 546. The van der Waals surface area contributed by atoms with Gasteiger partial charge in [0, 0.05) is 18.5 Å². The van der Waals surface area contributed by atoms with Crippen molar-refractivity contribution in [1.29, 1.82) is 0 Å². The van der Waals surface area contributed by atoms with Crippen molar-refractivity contribution >= 4 is 11.8 Å². The van der Waals surface area contributed by atoms with Crippen molar-refractivity contribution in [3.63, 3.8) is 0 Å². The third-order valence-electron chi connectivity index (χ3n) is 3.69. The maximum absolute atomic E-state index is 12.0. The Morgan fingerprint density at radius 3 is 2.50 bits per heavy atom. The topological polar surface area (TPSA) is 58.6 Å². The number of benzene rings is 1. The van der Waals surface area contributed by atoms with Gasteiger partial charge in [0.1, 0.15) is 5.75 Å². The van der Waals surface area contributed by atoms with E-state index in [9.17, 15) is 9.59 Å². The van der Waals surface area contributed by atoms with Crippen LogP contribution in [0.2, 0.25) is 0 Å². The number of carbonyl (C=O) groups is 2. The average molecular weight is 304 g/mol. The molecule has 22 heavy (non-hydrogen) atoms. The summed E-state index contributed by atoms with van der Waals surface area (Å²) in [5.74, 6) is 0.547. The van der Waals surface area contributed by atoms with Crippen LogP contribution in [0.3, 0.4) is 0 Å². The highest BCUT2D eigenvalue weighted by atomic mass is 16.5. The maximum atomic E-state index is 12.0. The minimum absolute atomic E-state index is 0.0384. The molecule has 1 N–H and O–H groups in total. The van der Waals surface area contributed by atoms with Gasteiger partial charge in [-0.05, 0) is 39.8 Å². The molecule has 0 spiro atoms. The fraction of sp³-hybridized carbons (Fsp3) is 0.529. The smallest absolute Gasteiger partial charge is 0.258 e. The second-order valence-electron chi connectivity index (χ2n) is 6.75. The summed E-state index contributed by atoms with van der Waals surface area (Å²) in [6.07, 6.45) is 0.355. The molecular weight excluding hydrogens is 280 g/mol. The fourth-order valence-electron chi connectivity index (χ4n) is 2.51. The zero-order chi connectivity index (χ0) is 16.3. The lowest BCUT2D eigenvalue weighted by Crippen LogP contribution is -2.45. The Balaban J connectivity index is 1.80. The van der Waals surface area contributed by atoms with Crippen molar-refractivity contribution in [3.8, 4) is 5.75 Å². The minimum Gasteiger partial charge on any atom is -0.484 e. The summed E-state index contributed by atoms with van der Waals surface area (Å²) in [5.41, 5.74) is 0.929. The summed E-state index contributed by atoms with van der Waals surface area (Å²) in [6, 6.07) is 7.40. The van der Waals surface area contributed by atoms with Gasteiger partial charge in [-0.15, -0.1) is 0 Å². The first kappa shape index (κ1) is 16.3. The summed E-state index contributed by atoms with van der Waals surface area (Å²) in [4.78, 5) is 25.7. The van der Waals surface area contributed by atoms with E-state index < -0.39 is 0 Å². The van der Waals surface area contributed by atoms with Gasteiger partial charge >= 0.3 is 0 Å². The van der Waals surface area contributed by atoms with Crippen molar-refractivity contribution in [3.05, 3.63) is 29.8 Å². The van der Waals surface area contributed by atoms with Gasteiger partial charge in [0.2, 0.25) is 5.91 Å². The molecular formula is C17H24N2O3. The van der Waals surface area contributed by atoms with E-state index in [-0.39, 0.29) is 30.0 Å². The first-order valence-corrected chi connectivity index (χ1v) is 7.55. The molecule has 1 aromatic rings. The van der Waals surface area contributed by atoms with Crippen molar-refractivity contribution in [2.24, 2.45) is 0 Å². The van der Waals surface area contributed by atoms with Crippen molar-refractivity contribution < 1.29 is 14.3 Å². The van der Waals surface area contributed by atoms with Gasteiger partial charge in [0.25, 0.3) is 5.91 Å². The lowest BCUT2D eigenvalue weighted by atomic mass is 10.1. The van der Waals surface area contributed by atoms with Crippen molar-refractivity contribution in [2.45, 2.75) is 45.7 Å². The monoisotopic (exact) mass is 304 g/mol. The highest BCUT2D eigenvalue weighted by Gasteiger charge is 2.36. The second-order valence-corrected chi connectivity index (χ2v) is 6.75. The summed E-state index contributed by atoms with van der Waals surface area (Å²) in [7, 11) is 0. The zero-order valence-electron chi connectivity index (χ0n) is 13.7. The van der Waals surface area contributed by atoms with Crippen molar-refractivity contribution in [1.82, 2.24) is 10.2 Å². The highest BCUT2D eigenvalue weighted by Crippen LogP contribution is 2.21. The quantitative estimate of drug-likeness (QED) is 0.924. The number of hydrogen-bond acceptors (Lipinski definition) is 3. The summed E-state index contributed by atoms with van der Waals surface area (Å²) in [5, 5.41) is 2.87. The average Bonchev–Trinajstić information content (AvgIpc) is 2.79. The van der Waals surface area contributed by atoms with E-state index in [1.165, 1.54) is 0 Å². The predicted octanol–water partition coefficient (Wildman–Crippen LogP) is 1.89. The molecule has 1 fully saturated rings. The number of likely N-dealkylation sites (tertiary alicyclic amines) is 1. The predicted molar refractivity (Wildman–Crippen MR) is 84.7 cm³/mol. The third-order valence-corrected chi connectivity index (χ3v) is 3.69. The van der Waals surface area contributed by atoms with Crippen LogP contribution >= 0.6 is 0 Å². The number of aryl methyl sites for hydroxylation is 1. The van der Waals surface area contributed by atoms with E-state index in [1.54, 1.807) is 4.90 Å². The normalized spacial score (nSPS) is 18.5. The van der Waals surface area contributed by atoms with Crippen LogP contribution in [0.25, 0.3) is 0 Å². The number of amides is 2. The molecule has 1 aromatic carbocycles. The molecule has 0 aliphatic carbocycles. The van der Waals surface area contributed by atoms with Crippen LogP contribution in [-0.2, 0) is 9.59 Å². The maximum Gasteiger partial charge on any atom is 0.258 e. The Hall–Kier alpha value is -2.04. The first-order chi connectivity index (χ1) is 10.3. The minimum atomic E-state index is -0.213. The van der Waals surface area contributed by atoms with E-state index in [1.807, 2.05) is 52.0 Å². The van der Waals surface area contributed by atoms with Crippen LogP contribution in [-0.4, -0.2) is 41.4 Å². The molecule has 1 unspecified atom stereocenters. The van der Waals surface area contributed by atoms with Crippen LogP contribution in [0.1, 0.15) is 32.8 Å². The lowest BCUT2D eigenvalue weighted by Gasteiger charge is -2.32. The van der Waals surface area contributed by atoms with Gasteiger partial charge < -0.3 is 15.0 Å². The molecule has 5 nitrogen and oxygen atoms in total.